The van der Waals surface area contributed by atoms with Crippen molar-refractivity contribution in [1.82, 2.24) is 0 Å². The summed E-state index contributed by atoms with van der Waals surface area (Å²) in [6, 6.07) is 10.1. The van der Waals surface area contributed by atoms with Crippen molar-refractivity contribution in [2.24, 2.45) is 0 Å². The van der Waals surface area contributed by atoms with Crippen LogP contribution in [0.25, 0.3) is 0 Å². The number of hydrogen-bond donors (Lipinski definition) is 0. The van der Waals surface area contributed by atoms with Crippen LogP contribution in [-0.2, 0) is 0 Å². The molecule has 0 N–H and O–H groups in total. The summed E-state index contributed by atoms with van der Waals surface area (Å²) < 4.78 is 1.20. The summed E-state index contributed by atoms with van der Waals surface area (Å²) in [5, 5.41) is 0. The van der Waals surface area contributed by atoms with Gasteiger partial charge in [-0.1, -0.05) is 22.3 Å². The molecule has 0 heterocycles. The topological polar surface area (TPSA) is 0 Å². The Kier molecular flexibility index (Phi) is 27.2. The van der Waals surface area contributed by atoms with Gasteiger partial charge in [-0.05, 0) is 0 Å². The molecule has 0 fully saturated rings. The quantitative estimate of drug-likeness (QED) is 0.573. The third-order valence-electron chi connectivity index (χ3n) is 0.743. The maximum atomic E-state index is 2.90. The van der Waals surface area contributed by atoms with Gasteiger partial charge in [0, 0.05) is 27.3 Å². The van der Waals surface area contributed by atoms with Crippen LogP contribution in [0.3, 0.4) is 0 Å². The molecule has 0 amide bonds. The van der Waals surface area contributed by atoms with Crippen LogP contribution in [0, 0.1) is 0 Å². The minimum atomic E-state index is 0. The SMILES string of the molecule is C.C.C.[Pb].[Se-]c1ccccc1. The monoisotopic (exact) mass is 413 g/mol. The fourth-order valence-electron chi connectivity index (χ4n) is 0.420. The van der Waals surface area contributed by atoms with E-state index in [1.54, 1.807) is 0 Å². The van der Waals surface area contributed by atoms with Gasteiger partial charge in [-0.3, -0.25) is 0 Å². The number of rotatable bonds is 0. The molecule has 1 aromatic rings. The Hall–Kier alpha value is 0.662. The van der Waals surface area contributed by atoms with Crippen LogP contribution < -0.4 is 4.46 Å². The zero-order valence-corrected chi connectivity index (χ0v) is 9.90. The molecule has 0 spiro atoms. The second-order valence-corrected chi connectivity index (χ2v) is 2.30. The van der Waals surface area contributed by atoms with Crippen molar-refractivity contribution in [2.45, 2.75) is 22.3 Å². The van der Waals surface area contributed by atoms with Crippen molar-refractivity contribution in [3.63, 3.8) is 0 Å². The third-order valence-corrected chi connectivity index (χ3v) is 1.31. The third kappa shape index (κ3) is 10.7. The molecular formula is C9H17PbSe-. The van der Waals surface area contributed by atoms with Crippen LogP contribution in [0.4, 0.5) is 0 Å². The van der Waals surface area contributed by atoms with E-state index in [2.05, 4.69) is 16.0 Å². The number of benzene rings is 1. The van der Waals surface area contributed by atoms with Crippen LogP contribution in [0.2, 0.25) is 0 Å². The summed E-state index contributed by atoms with van der Waals surface area (Å²) in [6.45, 7) is 0. The van der Waals surface area contributed by atoms with Crippen LogP contribution in [0.1, 0.15) is 22.3 Å². The minimum absolute atomic E-state index is 0. The Morgan fingerprint density at radius 3 is 1.36 bits per heavy atom. The summed E-state index contributed by atoms with van der Waals surface area (Å²) in [7, 11) is 0. The molecule has 11 heavy (non-hydrogen) atoms. The predicted molar refractivity (Wildman–Crippen MR) is 57.8 cm³/mol. The molecule has 0 aromatic heterocycles. The van der Waals surface area contributed by atoms with Gasteiger partial charge in [-0.25, -0.2) is 0 Å². The van der Waals surface area contributed by atoms with E-state index in [4.69, 9.17) is 0 Å². The first kappa shape index (κ1) is 22.6. The van der Waals surface area contributed by atoms with Crippen molar-refractivity contribution >= 4 is 47.8 Å². The Morgan fingerprint density at radius 2 is 1.18 bits per heavy atom. The van der Waals surface area contributed by atoms with Crippen molar-refractivity contribution in [1.29, 1.82) is 0 Å². The molecule has 0 nitrogen and oxygen atoms in total. The Balaban J connectivity index is -0.0000000612. The van der Waals surface area contributed by atoms with Crippen molar-refractivity contribution in [3.8, 4) is 0 Å². The van der Waals surface area contributed by atoms with Gasteiger partial charge in [0.05, 0.1) is 0 Å². The van der Waals surface area contributed by atoms with Gasteiger partial charge in [-0.15, -0.1) is 0 Å². The second kappa shape index (κ2) is 13.3. The van der Waals surface area contributed by atoms with Crippen LogP contribution in [-0.4, -0.2) is 43.3 Å². The molecule has 0 saturated heterocycles. The van der Waals surface area contributed by atoms with Gasteiger partial charge in [-0.2, -0.15) is 0 Å². The van der Waals surface area contributed by atoms with Crippen LogP contribution >= 0.6 is 0 Å². The summed E-state index contributed by atoms with van der Waals surface area (Å²) in [6.07, 6.45) is 0. The van der Waals surface area contributed by atoms with E-state index >= 15 is 0 Å². The zero-order valence-electron chi connectivity index (χ0n) is 4.29. The van der Waals surface area contributed by atoms with E-state index in [0.29, 0.717) is 0 Å². The second-order valence-electron chi connectivity index (χ2n) is 1.31. The fourth-order valence-corrected chi connectivity index (χ4v) is 0.750. The zero-order chi connectivity index (χ0) is 5.11. The van der Waals surface area contributed by atoms with Crippen LogP contribution in [0.5, 0.6) is 0 Å². The van der Waals surface area contributed by atoms with Crippen molar-refractivity contribution < 1.29 is 0 Å². The first-order valence-corrected chi connectivity index (χ1v) is 2.97. The molecular weight excluding hydrogens is 394 g/mol. The first-order valence-electron chi connectivity index (χ1n) is 2.11. The Labute approximate surface area is 99.8 Å². The van der Waals surface area contributed by atoms with E-state index in [9.17, 15) is 0 Å². The van der Waals surface area contributed by atoms with E-state index in [1.807, 2.05) is 30.3 Å². The summed E-state index contributed by atoms with van der Waals surface area (Å²) in [5.74, 6) is 0. The van der Waals surface area contributed by atoms with Gasteiger partial charge in [0.1, 0.15) is 0 Å². The van der Waals surface area contributed by atoms with Crippen molar-refractivity contribution in [3.05, 3.63) is 30.3 Å². The average Bonchev–Trinajstić information content (AvgIpc) is 1.69. The molecule has 0 aliphatic heterocycles. The molecule has 1 aromatic carbocycles. The maximum absolute atomic E-state index is 2.90. The van der Waals surface area contributed by atoms with E-state index in [0.717, 1.165) is 0 Å². The Bertz CT molecular complexity index is 139. The van der Waals surface area contributed by atoms with Gasteiger partial charge in [0.25, 0.3) is 0 Å². The molecule has 0 aliphatic rings. The molecule has 0 bridgehead atoms. The fraction of sp³-hybridized carbons (Fsp3) is 0.333. The van der Waals surface area contributed by atoms with Crippen LogP contribution in [0.15, 0.2) is 30.3 Å². The Morgan fingerprint density at radius 1 is 0.818 bits per heavy atom. The molecule has 1 rings (SSSR count). The van der Waals surface area contributed by atoms with Gasteiger partial charge < -0.3 is 0 Å². The molecule has 0 atom stereocenters. The van der Waals surface area contributed by atoms with E-state index < -0.39 is 0 Å². The molecule has 4 radical (unpaired) electrons. The first-order chi connectivity index (χ1) is 3.39. The van der Waals surface area contributed by atoms with Gasteiger partial charge in [0.2, 0.25) is 0 Å². The van der Waals surface area contributed by atoms with E-state index in [-0.39, 0.29) is 49.6 Å². The molecule has 64 valence electrons. The average molecular weight is 411 g/mol. The molecule has 0 aliphatic carbocycles. The van der Waals surface area contributed by atoms with Gasteiger partial charge >= 0.3 is 50.8 Å². The standard InChI is InChI=1S/C6H6Se.3CH4.Pb/c7-6-4-2-1-3-5-6;;;;/h1-5,7H;3*1H4;/p-1. The summed E-state index contributed by atoms with van der Waals surface area (Å²) in [4.78, 5) is 0. The molecule has 2 heteroatoms. The van der Waals surface area contributed by atoms with E-state index in [1.165, 1.54) is 4.46 Å². The predicted octanol–water partition coefficient (Wildman–Crippen LogP) is 2.01. The van der Waals surface area contributed by atoms with Crippen molar-refractivity contribution in [2.75, 3.05) is 0 Å². The normalized spacial score (nSPS) is 5.45. The summed E-state index contributed by atoms with van der Waals surface area (Å²) in [5.41, 5.74) is 0. The molecule has 0 unspecified atom stereocenters. The summed E-state index contributed by atoms with van der Waals surface area (Å²) >= 11 is 2.90. The van der Waals surface area contributed by atoms with Gasteiger partial charge in [0.15, 0.2) is 0 Å². The molecule has 0 saturated carbocycles. The number of hydrogen-bond acceptors (Lipinski definition) is 0.